The van der Waals surface area contributed by atoms with Crippen LogP contribution in [0.2, 0.25) is 0 Å². The molecule has 0 N–H and O–H groups in total. The van der Waals surface area contributed by atoms with Crippen molar-refractivity contribution in [3.8, 4) is 0 Å². The first kappa shape index (κ1) is 31.2. The van der Waals surface area contributed by atoms with E-state index in [1.54, 1.807) is 0 Å². The molecule has 0 bridgehead atoms. The van der Waals surface area contributed by atoms with Crippen LogP contribution in [0.5, 0.6) is 0 Å². The molecular weight excluding hydrogens is 438 g/mol. The number of aryl methyl sites for hydroxylation is 2. The van der Waals surface area contributed by atoms with E-state index in [4.69, 9.17) is 9.47 Å². The molecule has 200 valence electrons. The van der Waals surface area contributed by atoms with Gasteiger partial charge in [-0.3, -0.25) is 4.79 Å². The average molecular weight is 491 g/mol. The van der Waals surface area contributed by atoms with Crippen LogP contribution in [0.25, 0.3) is 0 Å². The number of Topliss-reactive ketones (excluding diaryl/α,β-unsaturated/α-hetero) is 1. The summed E-state index contributed by atoms with van der Waals surface area (Å²) in [5, 5.41) is 0. The minimum Gasteiger partial charge on any atom is -0.434 e. The van der Waals surface area contributed by atoms with E-state index in [2.05, 4.69) is 46.8 Å². The van der Waals surface area contributed by atoms with Gasteiger partial charge in [0.25, 0.3) is 0 Å². The number of hydrogen-bond acceptors (Lipinski definition) is 4. The molecule has 0 saturated carbocycles. The zero-order chi connectivity index (χ0) is 25.9. The maximum atomic E-state index is 12.9. The lowest BCUT2D eigenvalue weighted by Crippen LogP contribution is -2.53. The van der Waals surface area contributed by atoms with Crippen LogP contribution in [-0.2, 0) is 20.7 Å². The third kappa shape index (κ3) is 13.1. The van der Waals surface area contributed by atoms with Crippen molar-refractivity contribution in [2.45, 2.75) is 105 Å². The third-order valence-electron chi connectivity index (χ3n) is 7.38. The van der Waals surface area contributed by atoms with E-state index in [1.807, 2.05) is 6.07 Å². The number of ketones is 1. The van der Waals surface area contributed by atoms with Gasteiger partial charge >= 0.3 is 6.16 Å². The Kier molecular flexibility index (Phi) is 16.4. The number of carbonyl (C=O) groups excluding carboxylic acids is 2. The third-order valence-corrected chi connectivity index (χ3v) is 7.38. The molecule has 5 heteroatoms. The van der Waals surface area contributed by atoms with Crippen molar-refractivity contribution in [3.63, 3.8) is 0 Å². The topological polar surface area (TPSA) is 52.6 Å². The van der Waals surface area contributed by atoms with Crippen molar-refractivity contribution in [3.05, 3.63) is 34.9 Å². The second-order valence-electron chi connectivity index (χ2n) is 10.1. The van der Waals surface area contributed by atoms with Gasteiger partial charge in [0.05, 0.1) is 19.7 Å². The highest BCUT2D eigenvalue weighted by molar-refractivity contribution is 5.82. The maximum absolute atomic E-state index is 12.9. The van der Waals surface area contributed by atoms with Gasteiger partial charge in [0.1, 0.15) is 19.7 Å². The molecule has 0 unspecified atom stereocenters. The maximum Gasteiger partial charge on any atom is 0.508 e. The van der Waals surface area contributed by atoms with E-state index in [0.717, 1.165) is 42.6 Å². The Hall–Kier alpha value is -1.88. The summed E-state index contributed by atoms with van der Waals surface area (Å²) in [5.41, 5.74) is 3.46. The van der Waals surface area contributed by atoms with Crippen LogP contribution in [0.15, 0.2) is 18.2 Å². The lowest BCUT2D eigenvalue weighted by Gasteiger charge is -2.36. The van der Waals surface area contributed by atoms with Crippen LogP contribution in [0.1, 0.15) is 102 Å². The van der Waals surface area contributed by atoms with E-state index in [-0.39, 0.29) is 12.4 Å². The Morgan fingerprint density at radius 2 is 1.26 bits per heavy atom. The summed E-state index contributed by atoms with van der Waals surface area (Å²) in [5.74, 6) is 0.231. The second kappa shape index (κ2) is 18.4. The Morgan fingerprint density at radius 3 is 1.80 bits per heavy atom. The van der Waals surface area contributed by atoms with Crippen LogP contribution in [0, 0.1) is 13.8 Å². The fourth-order valence-electron chi connectivity index (χ4n) is 4.71. The Labute approximate surface area is 215 Å². The number of ether oxygens (including phenoxy) is 2. The van der Waals surface area contributed by atoms with E-state index in [0.29, 0.717) is 30.6 Å². The zero-order valence-corrected chi connectivity index (χ0v) is 23.3. The summed E-state index contributed by atoms with van der Waals surface area (Å²) in [7, 11) is 0. The standard InChI is InChI=1S/C30H52NO4/c1-6-9-10-11-12-13-14-15-16-17-22-34-30(33)35-23-21-31(7-2,8-3)25-28(32)24-29-26(4)19-18-20-27(29)5/h18-20H,6-17,21-25H2,1-5H3/q+1. The molecule has 0 heterocycles. The summed E-state index contributed by atoms with van der Waals surface area (Å²) in [6, 6.07) is 6.16. The van der Waals surface area contributed by atoms with E-state index >= 15 is 0 Å². The predicted octanol–water partition coefficient (Wildman–Crippen LogP) is 7.35. The summed E-state index contributed by atoms with van der Waals surface area (Å²) in [4.78, 5) is 24.9. The van der Waals surface area contributed by atoms with Crippen molar-refractivity contribution in [1.29, 1.82) is 0 Å². The van der Waals surface area contributed by atoms with Gasteiger partial charge in [-0.1, -0.05) is 82.9 Å². The molecule has 5 nitrogen and oxygen atoms in total. The van der Waals surface area contributed by atoms with Gasteiger partial charge < -0.3 is 14.0 Å². The highest BCUT2D eigenvalue weighted by Gasteiger charge is 2.27. The van der Waals surface area contributed by atoms with Crippen molar-refractivity contribution in [2.75, 3.05) is 39.4 Å². The van der Waals surface area contributed by atoms with Gasteiger partial charge in [-0.15, -0.1) is 0 Å². The first-order chi connectivity index (χ1) is 16.9. The summed E-state index contributed by atoms with van der Waals surface area (Å²) < 4.78 is 11.2. The Bertz CT molecular complexity index is 707. The smallest absolute Gasteiger partial charge is 0.434 e. The number of nitrogens with zero attached hydrogens (tertiary/aromatic N) is 1. The van der Waals surface area contributed by atoms with Gasteiger partial charge in [0.15, 0.2) is 5.78 Å². The molecule has 0 aliphatic heterocycles. The molecule has 0 aliphatic carbocycles. The molecule has 0 fully saturated rings. The fraction of sp³-hybridized carbons (Fsp3) is 0.733. The largest absolute Gasteiger partial charge is 0.508 e. The number of hydrogen-bond donors (Lipinski definition) is 0. The minimum atomic E-state index is -0.590. The highest BCUT2D eigenvalue weighted by Crippen LogP contribution is 2.16. The lowest BCUT2D eigenvalue weighted by atomic mass is 9.97. The molecule has 1 rings (SSSR count). The fourth-order valence-corrected chi connectivity index (χ4v) is 4.71. The minimum absolute atomic E-state index is 0.231. The molecule has 0 saturated heterocycles. The quantitative estimate of drug-likeness (QED) is 0.109. The van der Waals surface area contributed by atoms with Gasteiger partial charge in [-0.25, -0.2) is 4.79 Å². The summed E-state index contributed by atoms with van der Waals surface area (Å²) >= 11 is 0. The highest BCUT2D eigenvalue weighted by atomic mass is 16.7. The van der Waals surface area contributed by atoms with Crippen LogP contribution in [0.4, 0.5) is 4.79 Å². The van der Waals surface area contributed by atoms with Gasteiger partial charge in [-0.05, 0) is 50.8 Å². The predicted molar refractivity (Wildman–Crippen MR) is 145 cm³/mol. The Morgan fingerprint density at radius 1 is 0.743 bits per heavy atom. The molecular formula is C30H52NO4+. The normalized spacial score (nSPS) is 11.5. The number of rotatable bonds is 20. The molecule has 0 radical (unpaired) electrons. The number of unbranched alkanes of at least 4 members (excludes halogenated alkanes) is 9. The van der Waals surface area contributed by atoms with Gasteiger partial charge in [0.2, 0.25) is 0 Å². The van der Waals surface area contributed by atoms with Crippen LogP contribution < -0.4 is 0 Å². The summed E-state index contributed by atoms with van der Waals surface area (Å²) in [6.45, 7) is 14.0. The van der Waals surface area contributed by atoms with E-state index < -0.39 is 6.16 Å². The number of carbonyl (C=O) groups is 2. The summed E-state index contributed by atoms with van der Waals surface area (Å²) in [6.07, 6.45) is 12.4. The van der Waals surface area contributed by atoms with Crippen LogP contribution >= 0.6 is 0 Å². The number of benzene rings is 1. The molecule has 0 spiro atoms. The molecule has 0 aromatic heterocycles. The van der Waals surface area contributed by atoms with Crippen LogP contribution in [-0.4, -0.2) is 55.8 Å². The number of likely N-dealkylation sites (N-methyl/N-ethyl adjacent to an activating group) is 1. The first-order valence-corrected chi connectivity index (χ1v) is 14.1. The van der Waals surface area contributed by atoms with Crippen molar-refractivity contribution >= 4 is 11.9 Å². The number of quaternary nitrogens is 1. The van der Waals surface area contributed by atoms with Gasteiger partial charge in [0, 0.05) is 6.42 Å². The zero-order valence-electron chi connectivity index (χ0n) is 23.3. The molecule has 35 heavy (non-hydrogen) atoms. The molecule has 1 aromatic carbocycles. The molecule has 0 aliphatic rings. The van der Waals surface area contributed by atoms with Crippen molar-refractivity contribution in [2.24, 2.45) is 0 Å². The van der Waals surface area contributed by atoms with Crippen molar-refractivity contribution < 1.29 is 23.5 Å². The Balaban J connectivity index is 2.25. The van der Waals surface area contributed by atoms with Crippen LogP contribution in [0.3, 0.4) is 0 Å². The molecule has 1 aromatic rings. The SMILES string of the molecule is CCCCCCCCCCCCOC(=O)OCC[N+](CC)(CC)CC(=O)Cc1c(C)cccc1C. The molecule has 0 atom stereocenters. The second-order valence-corrected chi connectivity index (χ2v) is 10.1. The lowest BCUT2D eigenvalue weighted by molar-refractivity contribution is -0.917. The first-order valence-electron chi connectivity index (χ1n) is 14.1. The monoisotopic (exact) mass is 490 g/mol. The molecule has 0 amide bonds. The van der Waals surface area contributed by atoms with E-state index in [1.165, 1.54) is 51.4 Å². The van der Waals surface area contributed by atoms with Gasteiger partial charge in [-0.2, -0.15) is 0 Å². The average Bonchev–Trinajstić information content (AvgIpc) is 2.84. The van der Waals surface area contributed by atoms with E-state index in [9.17, 15) is 9.59 Å². The van der Waals surface area contributed by atoms with Crippen molar-refractivity contribution in [1.82, 2.24) is 0 Å².